The molecule has 0 spiro atoms. The van der Waals surface area contributed by atoms with Gasteiger partial charge in [0.1, 0.15) is 5.75 Å². The van der Waals surface area contributed by atoms with Crippen LogP contribution in [-0.2, 0) is 16.0 Å². The highest BCUT2D eigenvalue weighted by Gasteiger charge is 2.18. The molecule has 0 aromatic heterocycles. The van der Waals surface area contributed by atoms with Crippen molar-refractivity contribution in [2.24, 2.45) is 11.7 Å². The summed E-state index contributed by atoms with van der Waals surface area (Å²) >= 11 is 0. The average Bonchev–Trinajstić information content (AvgIpc) is 2.51. The second-order valence-electron chi connectivity index (χ2n) is 6.01. The first kappa shape index (κ1) is 22.2. The Bertz CT molecular complexity index is 538. The van der Waals surface area contributed by atoms with Crippen LogP contribution in [0.4, 0.5) is 0 Å². The van der Waals surface area contributed by atoms with E-state index in [1.54, 1.807) is 7.11 Å². The first-order chi connectivity index (χ1) is 10.8. The fourth-order valence-electron chi connectivity index (χ4n) is 2.12. The van der Waals surface area contributed by atoms with E-state index in [1.807, 2.05) is 45.0 Å². The van der Waals surface area contributed by atoms with Gasteiger partial charge in [-0.2, -0.15) is 0 Å². The lowest BCUT2D eigenvalue weighted by atomic mass is 10.1. The Kier molecular flexibility index (Phi) is 10.1. The Morgan fingerprint density at radius 3 is 2.50 bits per heavy atom. The second-order valence-corrected chi connectivity index (χ2v) is 6.01. The maximum Gasteiger partial charge on any atom is 0.239 e. The Balaban J connectivity index is 0.00000529. The van der Waals surface area contributed by atoms with Gasteiger partial charge in [-0.25, -0.2) is 0 Å². The molecule has 7 heteroatoms. The van der Waals surface area contributed by atoms with E-state index in [-0.39, 0.29) is 42.7 Å². The number of carbonyl (C=O) groups is 2. The third-order valence-corrected chi connectivity index (χ3v) is 3.53. The third-order valence-electron chi connectivity index (χ3n) is 3.53. The Hall–Kier alpha value is -1.79. The van der Waals surface area contributed by atoms with Gasteiger partial charge in [0.2, 0.25) is 11.8 Å². The molecule has 4 N–H and O–H groups in total. The number of nitrogens with one attached hydrogen (secondary N) is 2. The summed E-state index contributed by atoms with van der Waals surface area (Å²) in [7, 11) is 1.62. The molecule has 0 aliphatic carbocycles. The van der Waals surface area contributed by atoms with E-state index in [2.05, 4.69) is 10.6 Å². The minimum absolute atomic E-state index is 0. The summed E-state index contributed by atoms with van der Waals surface area (Å²) in [5, 5.41) is 5.41. The summed E-state index contributed by atoms with van der Waals surface area (Å²) in [6.07, 6.45) is 0.683. The lowest BCUT2D eigenvalue weighted by Gasteiger charge is -2.17. The van der Waals surface area contributed by atoms with Crippen LogP contribution in [0, 0.1) is 5.92 Å². The molecule has 0 aliphatic rings. The number of hydrogen-bond acceptors (Lipinski definition) is 4. The monoisotopic (exact) mass is 357 g/mol. The van der Waals surface area contributed by atoms with Crippen molar-refractivity contribution < 1.29 is 14.3 Å². The zero-order valence-corrected chi connectivity index (χ0v) is 15.5. The highest BCUT2D eigenvalue weighted by atomic mass is 35.5. The van der Waals surface area contributed by atoms with Gasteiger partial charge in [-0.3, -0.25) is 9.59 Å². The van der Waals surface area contributed by atoms with E-state index in [4.69, 9.17) is 10.5 Å². The molecule has 0 bridgehead atoms. The quantitative estimate of drug-likeness (QED) is 0.653. The highest BCUT2D eigenvalue weighted by Crippen LogP contribution is 2.13. The van der Waals surface area contributed by atoms with Crippen molar-refractivity contribution in [3.05, 3.63) is 29.8 Å². The van der Waals surface area contributed by atoms with Crippen molar-refractivity contribution in [1.29, 1.82) is 0 Å². The van der Waals surface area contributed by atoms with Gasteiger partial charge in [0.15, 0.2) is 0 Å². The molecular weight excluding hydrogens is 330 g/mol. The van der Waals surface area contributed by atoms with Gasteiger partial charge < -0.3 is 21.1 Å². The van der Waals surface area contributed by atoms with E-state index in [0.29, 0.717) is 6.42 Å². The predicted molar refractivity (Wildman–Crippen MR) is 97.4 cm³/mol. The molecule has 1 unspecified atom stereocenters. The summed E-state index contributed by atoms with van der Waals surface area (Å²) in [6.45, 7) is 5.57. The molecule has 136 valence electrons. The molecule has 0 radical (unpaired) electrons. The predicted octanol–water partition coefficient (Wildman–Crippen LogP) is 1.26. The maximum absolute atomic E-state index is 11.9. The Labute approximate surface area is 149 Å². The van der Waals surface area contributed by atoms with Crippen LogP contribution in [0.1, 0.15) is 26.3 Å². The van der Waals surface area contributed by atoms with E-state index < -0.39 is 6.04 Å². The number of carbonyl (C=O) groups excluding carboxylic acids is 2. The number of amides is 2. The molecule has 24 heavy (non-hydrogen) atoms. The molecule has 1 aromatic rings. The maximum atomic E-state index is 11.9. The molecule has 0 heterocycles. The van der Waals surface area contributed by atoms with Crippen molar-refractivity contribution in [1.82, 2.24) is 10.6 Å². The van der Waals surface area contributed by atoms with Gasteiger partial charge in [-0.1, -0.05) is 26.0 Å². The normalized spacial score (nSPS) is 12.8. The van der Waals surface area contributed by atoms with Crippen molar-refractivity contribution in [2.45, 2.75) is 39.3 Å². The van der Waals surface area contributed by atoms with Crippen LogP contribution < -0.4 is 21.1 Å². The Morgan fingerprint density at radius 2 is 1.92 bits per heavy atom. The molecule has 2 atom stereocenters. The van der Waals surface area contributed by atoms with Crippen LogP contribution in [0.3, 0.4) is 0 Å². The summed E-state index contributed by atoms with van der Waals surface area (Å²) in [5.41, 5.74) is 6.79. The van der Waals surface area contributed by atoms with Gasteiger partial charge in [0.25, 0.3) is 0 Å². The minimum Gasteiger partial charge on any atom is -0.497 e. The molecule has 0 saturated heterocycles. The van der Waals surface area contributed by atoms with E-state index in [9.17, 15) is 9.59 Å². The Morgan fingerprint density at radius 1 is 1.25 bits per heavy atom. The summed E-state index contributed by atoms with van der Waals surface area (Å²) in [6, 6.07) is 7.05. The van der Waals surface area contributed by atoms with Crippen LogP contribution in [0.5, 0.6) is 5.75 Å². The number of benzene rings is 1. The summed E-state index contributed by atoms with van der Waals surface area (Å²) < 4.78 is 5.18. The number of ether oxygens (including phenoxy) is 1. The smallest absolute Gasteiger partial charge is 0.239 e. The first-order valence-electron chi connectivity index (χ1n) is 7.79. The van der Waals surface area contributed by atoms with Crippen LogP contribution in [0.25, 0.3) is 0 Å². The van der Waals surface area contributed by atoms with Crippen LogP contribution in [-0.4, -0.2) is 37.6 Å². The highest BCUT2D eigenvalue weighted by molar-refractivity contribution is 5.87. The standard InChI is InChI=1S/C17H27N3O3.ClH/c1-11(2)16(18)17(22)19-10-15(21)20-12(3)8-13-6-5-7-14(9-13)23-4;/h5-7,9,11-12,16H,8,10,18H2,1-4H3,(H,19,22)(H,20,21);1H/t12?,16-;/m0./s1. The molecule has 0 aliphatic heterocycles. The molecule has 1 aromatic carbocycles. The number of methoxy groups -OCH3 is 1. The molecule has 6 nitrogen and oxygen atoms in total. The number of rotatable bonds is 8. The van der Waals surface area contributed by atoms with E-state index in [0.717, 1.165) is 11.3 Å². The lowest BCUT2D eigenvalue weighted by molar-refractivity contribution is -0.127. The lowest BCUT2D eigenvalue weighted by Crippen LogP contribution is -2.48. The summed E-state index contributed by atoms with van der Waals surface area (Å²) in [5.74, 6) is 0.279. The molecule has 1 rings (SSSR count). The molecule has 2 amide bonds. The molecule has 0 fully saturated rings. The van der Waals surface area contributed by atoms with Gasteiger partial charge in [-0.15, -0.1) is 12.4 Å². The van der Waals surface area contributed by atoms with Crippen molar-refractivity contribution >= 4 is 24.2 Å². The number of nitrogens with two attached hydrogens (primary N) is 1. The van der Waals surface area contributed by atoms with Crippen molar-refractivity contribution in [2.75, 3.05) is 13.7 Å². The van der Waals surface area contributed by atoms with E-state index >= 15 is 0 Å². The summed E-state index contributed by atoms with van der Waals surface area (Å²) in [4.78, 5) is 23.6. The average molecular weight is 358 g/mol. The molecular formula is C17H28ClN3O3. The van der Waals surface area contributed by atoms with Crippen molar-refractivity contribution in [3.63, 3.8) is 0 Å². The van der Waals surface area contributed by atoms with Gasteiger partial charge >= 0.3 is 0 Å². The SMILES string of the molecule is COc1cccc(CC(C)NC(=O)CNC(=O)[C@@H](N)C(C)C)c1.Cl. The number of hydrogen-bond donors (Lipinski definition) is 3. The van der Waals surface area contributed by atoms with Gasteiger partial charge in [0.05, 0.1) is 19.7 Å². The fraction of sp³-hybridized carbons (Fsp3) is 0.529. The third kappa shape index (κ3) is 7.66. The van der Waals surface area contributed by atoms with Crippen LogP contribution in [0.2, 0.25) is 0 Å². The second kappa shape index (κ2) is 10.9. The largest absolute Gasteiger partial charge is 0.497 e. The van der Waals surface area contributed by atoms with Crippen LogP contribution in [0.15, 0.2) is 24.3 Å². The minimum atomic E-state index is -0.600. The van der Waals surface area contributed by atoms with Crippen LogP contribution >= 0.6 is 12.4 Å². The topological polar surface area (TPSA) is 93.5 Å². The van der Waals surface area contributed by atoms with E-state index in [1.165, 1.54) is 0 Å². The fourth-order valence-corrected chi connectivity index (χ4v) is 2.12. The zero-order valence-electron chi connectivity index (χ0n) is 14.7. The number of halogens is 1. The van der Waals surface area contributed by atoms with Gasteiger partial charge in [-0.05, 0) is 37.0 Å². The van der Waals surface area contributed by atoms with Gasteiger partial charge in [0, 0.05) is 6.04 Å². The van der Waals surface area contributed by atoms with Crippen molar-refractivity contribution in [3.8, 4) is 5.75 Å². The molecule has 0 saturated carbocycles. The first-order valence-corrected chi connectivity index (χ1v) is 7.79. The zero-order chi connectivity index (χ0) is 17.4.